The van der Waals surface area contributed by atoms with Crippen LogP contribution in [0.5, 0.6) is 0 Å². The molecule has 17 heavy (non-hydrogen) atoms. The van der Waals surface area contributed by atoms with Crippen molar-refractivity contribution in [2.24, 2.45) is 0 Å². The minimum atomic E-state index is 0.543. The van der Waals surface area contributed by atoms with Crippen molar-refractivity contribution in [3.63, 3.8) is 0 Å². The molecular weight excluding hydrogens is 210 g/mol. The van der Waals surface area contributed by atoms with Crippen LogP contribution in [0.4, 0.5) is 0 Å². The van der Waals surface area contributed by atoms with E-state index in [2.05, 4.69) is 60.8 Å². The standard InChI is InChI=1S/C14H27N3/c1-5-16(6-2)10-11-17-9-7-8-14(17)12-15-13(3)4/h7-9,13,15H,5-6,10-12H2,1-4H3. The number of nitrogens with one attached hydrogen (secondary N) is 1. The third kappa shape index (κ3) is 4.92. The second-order valence-electron chi connectivity index (χ2n) is 4.76. The van der Waals surface area contributed by atoms with E-state index in [4.69, 9.17) is 0 Å². The predicted molar refractivity (Wildman–Crippen MR) is 74.2 cm³/mol. The van der Waals surface area contributed by atoms with E-state index in [1.807, 2.05) is 0 Å². The molecule has 0 saturated heterocycles. The highest BCUT2D eigenvalue weighted by molar-refractivity contribution is 5.07. The van der Waals surface area contributed by atoms with Crippen molar-refractivity contribution in [2.75, 3.05) is 19.6 Å². The Morgan fingerprint density at radius 3 is 2.59 bits per heavy atom. The summed E-state index contributed by atoms with van der Waals surface area (Å²) in [5.41, 5.74) is 1.38. The van der Waals surface area contributed by atoms with Gasteiger partial charge in [-0.1, -0.05) is 27.7 Å². The molecule has 0 atom stereocenters. The van der Waals surface area contributed by atoms with Crippen LogP contribution in [-0.2, 0) is 13.1 Å². The van der Waals surface area contributed by atoms with E-state index in [0.29, 0.717) is 6.04 Å². The van der Waals surface area contributed by atoms with Gasteiger partial charge in [0.15, 0.2) is 0 Å². The third-order valence-electron chi connectivity index (χ3n) is 3.17. The predicted octanol–water partition coefficient (Wildman–Crippen LogP) is 2.33. The lowest BCUT2D eigenvalue weighted by molar-refractivity contribution is 0.289. The molecule has 0 radical (unpaired) electrons. The molecule has 0 fully saturated rings. The monoisotopic (exact) mass is 237 g/mol. The van der Waals surface area contributed by atoms with Crippen LogP contribution in [0.3, 0.4) is 0 Å². The lowest BCUT2D eigenvalue weighted by Gasteiger charge is -2.19. The Labute approximate surface area is 106 Å². The van der Waals surface area contributed by atoms with Gasteiger partial charge in [-0.15, -0.1) is 0 Å². The first-order valence-corrected chi connectivity index (χ1v) is 6.77. The van der Waals surface area contributed by atoms with Gasteiger partial charge in [-0.2, -0.15) is 0 Å². The molecule has 1 aromatic rings. The van der Waals surface area contributed by atoms with Gasteiger partial charge in [-0.05, 0) is 25.2 Å². The molecular formula is C14H27N3. The number of hydrogen-bond acceptors (Lipinski definition) is 2. The summed E-state index contributed by atoms with van der Waals surface area (Å²) in [5, 5.41) is 3.47. The fourth-order valence-electron chi connectivity index (χ4n) is 1.93. The van der Waals surface area contributed by atoms with Gasteiger partial charge in [-0.3, -0.25) is 0 Å². The molecule has 0 unspecified atom stereocenters. The van der Waals surface area contributed by atoms with Gasteiger partial charge in [0, 0.05) is 37.6 Å². The molecule has 0 saturated carbocycles. The topological polar surface area (TPSA) is 20.2 Å². The van der Waals surface area contributed by atoms with Crippen LogP contribution in [0.1, 0.15) is 33.4 Å². The first-order valence-electron chi connectivity index (χ1n) is 6.77. The molecule has 0 aliphatic heterocycles. The Morgan fingerprint density at radius 1 is 1.29 bits per heavy atom. The molecule has 0 spiro atoms. The molecule has 0 aliphatic carbocycles. The summed E-state index contributed by atoms with van der Waals surface area (Å²) >= 11 is 0. The van der Waals surface area contributed by atoms with Crippen LogP contribution in [0.15, 0.2) is 18.3 Å². The molecule has 0 aromatic carbocycles. The van der Waals surface area contributed by atoms with E-state index in [-0.39, 0.29) is 0 Å². The van der Waals surface area contributed by atoms with Crippen molar-refractivity contribution < 1.29 is 0 Å². The quantitative estimate of drug-likeness (QED) is 0.749. The van der Waals surface area contributed by atoms with Crippen LogP contribution < -0.4 is 5.32 Å². The van der Waals surface area contributed by atoms with Gasteiger partial charge in [-0.25, -0.2) is 0 Å². The van der Waals surface area contributed by atoms with E-state index >= 15 is 0 Å². The van der Waals surface area contributed by atoms with E-state index in [1.54, 1.807) is 0 Å². The van der Waals surface area contributed by atoms with Crippen LogP contribution in [0.2, 0.25) is 0 Å². The van der Waals surface area contributed by atoms with Crippen molar-refractivity contribution in [3.05, 3.63) is 24.0 Å². The molecule has 1 rings (SSSR count). The fraction of sp³-hybridized carbons (Fsp3) is 0.714. The molecule has 0 aliphatic rings. The molecule has 1 N–H and O–H groups in total. The van der Waals surface area contributed by atoms with Gasteiger partial charge in [0.2, 0.25) is 0 Å². The lowest BCUT2D eigenvalue weighted by Crippen LogP contribution is -2.28. The molecule has 0 bridgehead atoms. The Kier molecular flexibility index (Phi) is 6.30. The molecule has 0 amide bonds. The highest BCUT2D eigenvalue weighted by atomic mass is 15.1. The summed E-state index contributed by atoms with van der Waals surface area (Å²) in [4.78, 5) is 2.46. The van der Waals surface area contributed by atoms with Gasteiger partial charge in [0.1, 0.15) is 0 Å². The van der Waals surface area contributed by atoms with Gasteiger partial charge in [0.05, 0.1) is 0 Å². The maximum absolute atomic E-state index is 3.47. The molecule has 3 nitrogen and oxygen atoms in total. The minimum Gasteiger partial charge on any atom is -0.349 e. The number of likely N-dealkylation sites (N-methyl/N-ethyl adjacent to an activating group) is 1. The van der Waals surface area contributed by atoms with Crippen molar-refractivity contribution >= 4 is 0 Å². The van der Waals surface area contributed by atoms with Crippen LogP contribution in [-0.4, -0.2) is 35.1 Å². The van der Waals surface area contributed by atoms with Gasteiger partial charge < -0.3 is 14.8 Å². The van der Waals surface area contributed by atoms with Crippen molar-refractivity contribution in [1.29, 1.82) is 0 Å². The average Bonchev–Trinajstić information content (AvgIpc) is 2.75. The molecule has 1 aromatic heterocycles. The average molecular weight is 237 g/mol. The van der Waals surface area contributed by atoms with Crippen molar-refractivity contribution in [2.45, 2.75) is 46.8 Å². The summed E-state index contributed by atoms with van der Waals surface area (Å²) in [7, 11) is 0. The Morgan fingerprint density at radius 2 is 2.00 bits per heavy atom. The Hall–Kier alpha value is -0.800. The van der Waals surface area contributed by atoms with E-state index in [0.717, 1.165) is 32.7 Å². The van der Waals surface area contributed by atoms with Crippen LogP contribution >= 0.6 is 0 Å². The zero-order valence-electron chi connectivity index (χ0n) is 11.7. The fourth-order valence-corrected chi connectivity index (χ4v) is 1.93. The van der Waals surface area contributed by atoms with E-state index in [9.17, 15) is 0 Å². The first kappa shape index (κ1) is 14.3. The summed E-state index contributed by atoms with van der Waals surface area (Å²) in [5.74, 6) is 0. The summed E-state index contributed by atoms with van der Waals surface area (Å²) in [6, 6.07) is 4.89. The first-order chi connectivity index (χ1) is 8.17. The van der Waals surface area contributed by atoms with Crippen LogP contribution in [0.25, 0.3) is 0 Å². The Balaban J connectivity index is 2.45. The van der Waals surface area contributed by atoms with E-state index < -0.39 is 0 Å². The number of nitrogens with zero attached hydrogens (tertiary/aromatic N) is 2. The second kappa shape index (κ2) is 7.51. The number of rotatable bonds is 8. The zero-order valence-corrected chi connectivity index (χ0v) is 11.7. The molecule has 3 heteroatoms. The Bertz CT molecular complexity index is 300. The zero-order chi connectivity index (χ0) is 12.7. The summed E-state index contributed by atoms with van der Waals surface area (Å²) in [6.45, 7) is 14.3. The highest BCUT2D eigenvalue weighted by Crippen LogP contribution is 2.03. The third-order valence-corrected chi connectivity index (χ3v) is 3.17. The maximum Gasteiger partial charge on any atom is 0.0361 e. The summed E-state index contributed by atoms with van der Waals surface area (Å²) < 4.78 is 2.35. The molecule has 1 heterocycles. The smallest absolute Gasteiger partial charge is 0.0361 e. The van der Waals surface area contributed by atoms with Crippen molar-refractivity contribution in [1.82, 2.24) is 14.8 Å². The highest BCUT2D eigenvalue weighted by Gasteiger charge is 2.03. The van der Waals surface area contributed by atoms with Crippen LogP contribution in [0, 0.1) is 0 Å². The summed E-state index contributed by atoms with van der Waals surface area (Å²) in [6.07, 6.45) is 2.18. The molecule has 98 valence electrons. The minimum absolute atomic E-state index is 0.543. The maximum atomic E-state index is 3.47. The van der Waals surface area contributed by atoms with Crippen molar-refractivity contribution in [3.8, 4) is 0 Å². The van der Waals surface area contributed by atoms with Gasteiger partial charge in [0.25, 0.3) is 0 Å². The lowest BCUT2D eigenvalue weighted by atomic mass is 10.3. The largest absolute Gasteiger partial charge is 0.349 e. The number of aromatic nitrogens is 1. The second-order valence-corrected chi connectivity index (χ2v) is 4.76. The number of hydrogen-bond donors (Lipinski definition) is 1. The van der Waals surface area contributed by atoms with E-state index in [1.165, 1.54) is 5.69 Å². The normalized spacial score (nSPS) is 11.6. The van der Waals surface area contributed by atoms with Gasteiger partial charge >= 0.3 is 0 Å². The SMILES string of the molecule is CCN(CC)CCn1cccc1CNC(C)C.